The summed E-state index contributed by atoms with van der Waals surface area (Å²) in [6.07, 6.45) is -3.17. The number of hydrogen-bond acceptors (Lipinski definition) is 8. The van der Waals surface area contributed by atoms with Crippen LogP contribution in [0.1, 0.15) is 45.7 Å². The zero-order chi connectivity index (χ0) is 45.5. The number of nitrogens with zero attached hydrogens (tertiary/aromatic N) is 6. The van der Waals surface area contributed by atoms with Crippen molar-refractivity contribution in [1.82, 2.24) is 24.9 Å². The van der Waals surface area contributed by atoms with Crippen molar-refractivity contribution in [3.63, 3.8) is 0 Å². The molecule has 4 aromatic carbocycles. The number of carbonyl (C=O) groups excluding carboxylic acids is 5. The predicted molar refractivity (Wildman–Crippen MR) is 243 cm³/mol. The molecule has 5 amide bonds. The molecule has 2 heterocycles. The molecular formula is C46H54Cl2F2N8O5. The minimum atomic E-state index is -3.17. The first kappa shape index (κ1) is 48.6. The molecule has 4 aromatic rings. The highest BCUT2D eigenvalue weighted by atomic mass is 35.5. The number of piperazine rings is 2. The number of halogens is 4. The number of anilines is 2. The number of alkyl halides is 2. The summed E-state index contributed by atoms with van der Waals surface area (Å²) >= 11 is 12.4. The highest BCUT2D eigenvalue weighted by Crippen LogP contribution is 2.26. The van der Waals surface area contributed by atoms with E-state index in [2.05, 4.69) is 23.6 Å². The number of amides is 5. The number of benzene rings is 4. The third kappa shape index (κ3) is 14.0. The monoisotopic (exact) mass is 906 g/mol. The van der Waals surface area contributed by atoms with E-state index in [1.807, 2.05) is 45.4 Å². The van der Waals surface area contributed by atoms with Gasteiger partial charge in [0.1, 0.15) is 0 Å². The predicted octanol–water partition coefficient (Wildman–Crippen LogP) is 6.91. The largest absolute Gasteiger partial charge is 0.344 e. The first-order valence-corrected chi connectivity index (χ1v) is 21.6. The zero-order valence-electron chi connectivity index (χ0n) is 35.5. The van der Waals surface area contributed by atoms with Gasteiger partial charge in [-0.1, -0.05) is 97.7 Å². The second kappa shape index (κ2) is 23.8. The third-order valence-corrected chi connectivity index (χ3v) is 11.4. The standard InChI is InChI=1S/C24H27ClF2N4O3.C22H27ClN4O2/c1-2-29-10-12-30(13-11-29)24(34)31(20-5-3-4-19(25)14-20)16-17-6-8-18(9-7-17)21(32)15-28-23(33)22(26)27;1-2-25-10-12-26(13-11-25)22(29)27(20-5-3-4-19(23)14-20)16-17-6-8-18(9-7-17)21(28)15-24/h3-9,14,22H,2,10-13,15-16H2,1H3,(H,28,33);3-9,14H,2,10-13,15-16,24H2,1H3. The van der Waals surface area contributed by atoms with Crippen molar-refractivity contribution in [3.05, 3.63) is 129 Å². The van der Waals surface area contributed by atoms with Crippen molar-refractivity contribution in [2.75, 3.05) is 88.3 Å². The molecule has 336 valence electrons. The Hall–Kier alpha value is -5.45. The maximum absolute atomic E-state index is 13.4. The maximum atomic E-state index is 13.4. The van der Waals surface area contributed by atoms with E-state index in [4.69, 9.17) is 28.9 Å². The Bertz CT molecular complexity index is 2170. The van der Waals surface area contributed by atoms with Crippen LogP contribution in [-0.2, 0) is 17.9 Å². The summed E-state index contributed by atoms with van der Waals surface area (Å²) < 4.78 is 24.6. The molecule has 0 unspecified atom stereocenters. The molecule has 0 saturated carbocycles. The van der Waals surface area contributed by atoms with E-state index < -0.39 is 24.7 Å². The lowest BCUT2D eigenvalue weighted by Crippen LogP contribution is -2.52. The number of carbonyl (C=O) groups is 5. The molecule has 2 saturated heterocycles. The molecule has 0 radical (unpaired) electrons. The van der Waals surface area contributed by atoms with Gasteiger partial charge in [0.2, 0.25) is 0 Å². The fourth-order valence-corrected chi connectivity index (χ4v) is 7.47. The van der Waals surface area contributed by atoms with E-state index in [1.54, 1.807) is 76.5 Å². The summed E-state index contributed by atoms with van der Waals surface area (Å²) in [7, 11) is 0. The van der Waals surface area contributed by atoms with Gasteiger partial charge in [0.05, 0.1) is 26.2 Å². The Kier molecular flexibility index (Phi) is 18.4. The Labute approximate surface area is 377 Å². The van der Waals surface area contributed by atoms with Gasteiger partial charge in [0.25, 0.3) is 5.91 Å². The molecule has 0 bridgehead atoms. The molecule has 6 rings (SSSR count). The Morgan fingerprint density at radius 3 is 1.37 bits per heavy atom. The summed E-state index contributed by atoms with van der Waals surface area (Å²) in [6.45, 7) is 12.3. The number of ketones is 2. The SMILES string of the molecule is CCN1CCN(C(=O)N(Cc2ccc(C(=O)CN)cc2)c2cccc(Cl)c2)CC1.CCN1CCN(C(=O)N(Cc2ccc(C(=O)CNC(=O)C(F)F)cc2)c2cccc(Cl)c2)CC1. The molecule has 0 aliphatic carbocycles. The summed E-state index contributed by atoms with van der Waals surface area (Å²) in [5, 5.41) is 2.99. The molecule has 63 heavy (non-hydrogen) atoms. The van der Waals surface area contributed by atoms with Gasteiger partial charge in [0.15, 0.2) is 11.6 Å². The van der Waals surface area contributed by atoms with E-state index in [0.29, 0.717) is 54.0 Å². The van der Waals surface area contributed by atoms with Crippen molar-refractivity contribution >= 4 is 64.1 Å². The zero-order valence-corrected chi connectivity index (χ0v) is 37.0. The molecular weight excluding hydrogens is 853 g/mol. The molecule has 2 aliphatic rings. The van der Waals surface area contributed by atoms with Crippen LogP contribution in [0.5, 0.6) is 0 Å². The molecule has 2 aliphatic heterocycles. The first-order chi connectivity index (χ1) is 30.3. The van der Waals surface area contributed by atoms with E-state index in [-0.39, 0.29) is 36.5 Å². The molecule has 3 N–H and O–H groups in total. The fraction of sp³-hybridized carbons (Fsp3) is 0.370. The summed E-state index contributed by atoms with van der Waals surface area (Å²) in [6, 6.07) is 27.9. The van der Waals surface area contributed by atoms with Crippen molar-refractivity contribution in [2.45, 2.75) is 33.4 Å². The van der Waals surface area contributed by atoms with Gasteiger partial charge in [-0.05, 0) is 60.6 Å². The number of rotatable bonds is 14. The minimum absolute atomic E-state index is 0.0176. The number of nitrogens with one attached hydrogen (secondary N) is 1. The quantitative estimate of drug-likeness (QED) is 0.130. The lowest BCUT2D eigenvalue weighted by Gasteiger charge is -2.37. The van der Waals surface area contributed by atoms with Crippen molar-refractivity contribution in [3.8, 4) is 0 Å². The number of nitrogens with two attached hydrogens (primary N) is 1. The van der Waals surface area contributed by atoms with Crippen LogP contribution >= 0.6 is 23.2 Å². The van der Waals surface area contributed by atoms with Crippen LogP contribution in [0.2, 0.25) is 10.0 Å². The van der Waals surface area contributed by atoms with Crippen LogP contribution in [0.3, 0.4) is 0 Å². The smallest absolute Gasteiger partial charge is 0.324 e. The Morgan fingerprint density at radius 1 is 0.619 bits per heavy atom. The third-order valence-electron chi connectivity index (χ3n) is 10.9. The van der Waals surface area contributed by atoms with Crippen LogP contribution in [0.15, 0.2) is 97.1 Å². The van der Waals surface area contributed by atoms with Crippen LogP contribution in [0.25, 0.3) is 0 Å². The van der Waals surface area contributed by atoms with Gasteiger partial charge in [-0.2, -0.15) is 8.78 Å². The second-order valence-electron chi connectivity index (χ2n) is 15.0. The van der Waals surface area contributed by atoms with Crippen LogP contribution in [0, 0.1) is 0 Å². The van der Waals surface area contributed by atoms with Crippen LogP contribution < -0.4 is 20.9 Å². The van der Waals surface area contributed by atoms with Crippen LogP contribution in [-0.4, -0.2) is 134 Å². The van der Waals surface area contributed by atoms with Crippen molar-refractivity contribution < 1.29 is 32.8 Å². The summed E-state index contributed by atoms with van der Waals surface area (Å²) in [5.74, 6) is -2.08. The Balaban J connectivity index is 0.000000240. The van der Waals surface area contributed by atoms with Gasteiger partial charge in [0, 0.05) is 84.9 Å². The van der Waals surface area contributed by atoms with Crippen molar-refractivity contribution in [1.29, 1.82) is 0 Å². The van der Waals surface area contributed by atoms with Gasteiger partial charge < -0.3 is 30.7 Å². The Morgan fingerprint density at radius 2 is 1.02 bits per heavy atom. The number of Topliss-reactive ketones (excluding diaryl/α,β-unsaturated/α-hetero) is 2. The van der Waals surface area contributed by atoms with Gasteiger partial charge in [-0.25, -0.2) is 9.59 Å². The average molecular weight is 908 g/mol. The highest BCUT2D eigenvalue weighted by molar-refractivity contribution is 6.31. The number of hydrogen-bond donors (Lipinski definition) is 2. The lowest BCUT2D eigenvalue weighted by molar-refractivity contribution is -0.131. The second-order valence-corrected chi connectivity index (χ2v) is 15.9. The average Bonchev–Trinajstić information content (AvgIpc) is 3.31. The van der Waals surface area contributed by atoms with E-state index in [1.165, 1.54) is 0 Å². The van der Waals surface area contributed by atoms with Crippen LogP contribution in [0.4, 0.5) is 29.7 Å². The molecule has 2 fully saturated rings. The molecule has 0 aromatic heterocycles. The molecule has 17 heteroatoms. The first-order valence-electron chi connectivity index (χ1n) is 20.9. The summed E-state index contributed by atoms with van der Waals surface area (Å²) in [5.41, 5.74) is 9.39. The lowest BCUT2D eigenvalue weighted by atomic mass is 10.1. The minimum Gasteiger partial charge on any atom is -0.344 e. The molecule has 0 atom stereocenters. The van der Waals surface area contributed by atoms with Gasteiger partial charge in [-0.15, -0.1) is 0 Å². The normalized spacial score (nSPS) is 14.4. The number of urea groups is 2. The maximum Gasteiger partial charge on any atom is 0.324 e. The topological polar surface area (TPSA) is 143 Å². The van der Waals surface area contributed by atoms with E-state index in [0.717, 1.165) is 56.1 Å². The molecule has 0 spiro atoms. The summed E-state index contributed by atoms with van der Waals surface area (Å²) in [4.78, 5) is 73.4. The highest BCUT2D eigenvalue weighted by Gasteiger charge is 2.28. The van der Waals surface area contributed by atoms with E-state index in [9.17, 15) is 32.8 Å². The number of likely N-dealkylation sites (N-methyl/N-ethyl adjacent to an activating group) is 2. The van der Waals surface area contributed by atoms with Gasteiger partial charge >= 0.3 is 18.5 Å². The fourth-order valence-electron chi connectivity index (χ4n) is 7.10. The van der Waals surface area contributed by atoms with Crippen molar-refractivity contribution in [2.24, 2.45) is 5.73 Å². The molecule has 13 nitrogen and oxygen atoms in total. The van der Waals surface area contributed by atoms with E-state index >= 15 is 0 Å². The van der Waals surface area contributed by atoms with Gasteiger partial charge in [-0.3, -0.25) is 24.2 Å².